The normalized spacial score (nSPS) is 17.8. The van der Waals surface area contributed by atoms with E-state index in [1.54, 1.807) is 12.1 Å². The summed E-state index contributed by atoms with van der Waals surface area (Å²) in [5.74, 6) is -1.07. The molecule has 1 aromatic carbocycles. The van der Waals surface area contributed by atoms with Crippen molar-refractivity contribution in [2.75, 3.05) is 26.3 Å². The summed E-state index contributed by atoms with van der Waals surface area (Å²) in [4.78, 5) is 25.2. The Morgan fingerprint density at radius 2 is 2.00 bits per heavy atom. The van der Waals surface area contributed by atoms with Crippen LogP contribution in [0.2, 0.25) is 0 Å². The molecule has 2 aliphatic rings. The number of hydrogen-bond acceptors (Lipinski definition) is 4. The van der Waals surface area contributed by atoms with E-state index >= 15 is 0 Å². The van der Waals surface area contributed by atoms with Crippen molar-refractivity contribution in [2.24, 2.45) is 5.92 Å². The summed E-state index contributed by atoms with van der Waals surface area (Å²) in [5.41, 5.74) is 2.88. The second-order valence-electron chi connectivity index (χ2n) is 5.89. The topological polar surface area (TPSA) is 69.7 Å². The zero-order valence-electron chi connectivity index (χ0n) is 13.5. The number of ether oxygens (including phenoxy) is 1. The average Bonchev–Trinajstić information content (AvgIpc) is 2.45. The molecule has 0 unspecified atom stereocenters. The number of carboxylic acids is 1. The van der Waals surface area contributed by atoms with Crippen LogP contribution in [-0.4, -0.2) is 43.1 Å². The van der Waals surface area contributed by atoms with Crippen LogP contribution in [0.3, 0.4) is 0 Å². The summed E-state index contributed by atoms with van der Waals surface area (Å²) >= 11 is 0. The fraction of sp³-hybridized carbons (Fsp3) is 0.412. The minimum Gasteiger partial charge on any atom is -0.545 e. The van der Waals surface area contributed by atoms with Crippen molar-refractivity contribution < 1.29 is 38.3 Å². The Kier molecular flexibility index (Phi) is 5.69. The van der Waals surface area contributed by atoms with E-state index in [-0.39, 0.29) is 36.2 Å². The molecule has 0 radical (unpaired) electrons. The minimum absolute atomic E-state index is 0. The van der Waals surface area contributed by atoms with Gasteiger partial charge in [0.05, 0.1) is 25.1 Å². The van der Waals surface area contributed by atoms with Gasteiger partial charge in [0.1, 0.15) is 0 Å². The molecule has 6 heteroatoms. The molecule has 0 aliphatic carbocycles. The van der Waals surface area contributed by atoms with Crippen LogP contribution in [0.4, 0.5) is 0 Å². The zero-order valence-corrected chi connectivity index (χ0v) is 13.5. The number of nitrogens with zero attached hydrogens (tertiary/aromatic N) is 1. The van der Waals surface area contributed by atoms with Gasteiger partial charge in [-0.05, 0) is 41.7 Å². The van der Waals surface area contributed by atoms with Crippen LogP contribution in [0.1, 0.15) is 27.9 Å². The van der Waals surface area contributed by atoms with Crippen LogP contribution in [0.5, 0.6) is 0 Å². The van der Waals surface area contributed by atoms with Crippen molar-refractivity contribution in [2.45, 2.75) is 13.3 Å². The minimum atomic E-state index is -1.18. The fourth-order valence-electron chi connectivity index (χ4n) is 2.86. The van der Waals surface area contributed by atoms with Crippen LogP contribution in [-0.2, 0) is 9.53 Å². The molecule has 1 saturated heterocycles. The van der Waals surface area contributed by atoms with Crippen molar-refractivity contribution in [1.29, 1.82) is 0 Å². The van der Waals surface area contributed by atoms with E-state index in [1.807, 2.05) is 17.9 Å². The van der Waals surface area contributed by atoms with Gasteiger partial charge in [0.25, 0.3) is 0 Å². The molecule has 0 bridgehead atoms. The quantitative estimate of drug-likeness (QED) is 0.585. The predicted octanol–water partition coefficient (Wildman–Crippen LogP) is -2.38. The summed E-state index contributed by atoms with van der Waals surface area (Å²) in [6, 6.07) is 5.16. The smallest absolute Gasteiger partial charge is 0.545 e. The largest absolute Gasteiger partial charge is 1.00 e. The van der Waals surface area contributed by atoms with Gasteiger partial charge in [0.15, 0.2) is 0 Å². The Labute approximate surface area is 147 Å². The molecule has 0 atom stereocenters. The molecule has 1 amide bonds. The van der Waals surface area contributed by atoms with Gasteiger partial charge in [-0.25, -0.2) is 0 Å². The van der Waals surface area contributed by atoms with E-state index in [4.69, 9.17) is 4.74 Å². The van der Waals surface area contributed by atoms with Gasteiger partial charge in [-0.15, -0.1) is 0 Å². The summed E-state index contributed by atoms with van der Waals surface area (Å²) < 4.78 is 5.08. The second-order valence-corrected chi connectivity index (χ2v) is 5.89. The number of aryl methyl sites for hydroxylation is 1. The zero-order chi connectivity index (χ0) is 15.7. The average molecular weight is 307 g/mol. The Balaban J connectivity index is 0.00000192. The van der Waals surface area contributed by atoms with E-state index in [2.05, 4.69) is 6.08 Å². The molecule has 0 aromatic heterocycles. The Morgan fingerprint density at radius 1 is 1.26 bits per heavy atom. The van der Waals surface area contributed by atoms with Crippen molar-refractivity contribution in [3.63, 3.8) is 0 Å². The predicted molar refractivity (Wildman–Crippen MR) is 79.0 cm³/mol. The van der Waals surface area contributed by atoms with E-state index in [9.17, 15) is 14.7 Å². The van der Waals surface area contributed by atoms with E-state index < -0.39 is 5.97 Å². The van der Waals surface area contributed by atoms with Crippen molar-refractivity contribution >= 4 is 17.4 Å². The maximum Gasteiger partial charge on any atom is 1.00 e. The molecule has 2 aliphatic heterocycles. The SMILES string of the molecule is Cc1cc(C(=O)[O-])cc(C2=CCCN(C(=O)C3COC3)C2)c1.[Li+]. The van der Waals surface area contributed by atoms with Gasteiger partial charge in [0.2, 0.25) is 5.91 Å². The molecule has 0 saturated carbocycles. The Hall–Kier alpha value is -1.54. The monoisotopic (exact) mass is 307 g/mol. The third-order valence-corrected chi connectivity index (χ3v) is 4.13. The molecular weight excluding hydrogens is 289 g/mol. The van der Waals surface area contributed by atoms with Gasteiger partial charge in [0, 0.05) is 13.1 Å². The molecule has 5 nitrogen and oxygen atoms in total. The van der Waals surface area contributed by atoms with Crippen LogP contribution in [0, 0.1) is 12.8 Å². The van der Waals surface area contributed by atoms with Gasteiger partial charge < -0.3 is 19.5 Å². The Bertz CT molecular complexity index is 652. The van der Waals surface area contributed by atoms with Crippen LogP contribution < -0.4 is 24.0 Å². The number of rotatable bonds is 3. The molecular formula is C17H18LiNO4. The first-order chi connectivity index (χ1) is 10.5. The molecule has 0 spiro atoms. The second kappa shape index (κ2) is 7.35. The number of benzene rings is 1. The first-order valence-corrected chi connectivity index (χ1v) is 7.43. The number of aromatic carboxylic acids is 1. The number of carbonyl (C=O) groups excluding carboxylic acids is 2. The third kappa shape index (κ3) is 3.87. The van der Waals surface area contributed by atoms with Crippen LogP contribution in [0.25, 0.3) is 5.57 Å². The molecule has 0 N–H and O–H groups in total. The van der Waals surface area contributed by atoms with Gasteiger partial charge in [-0.3, -0.25) is 4.79 Å². The van der Waals surface area contributed by atoms with E-state index in [0.29, 0.717) is 26.3 Å². The first kappa shape index (κ1) is 17.8. The number of hydrogen-bond donors (Lipinski definition) is 0. The first-order valence-electron chi connectivity index (χ1n) is 7.43. The fourth-order valence-corrected chi connectivity index (χ4v) is 2.86. The molecule has 3 rings (SSSR count). The number of carboxylic acid groups (broad SMARTS) is 1. The Morgan fingerprint density at radius 3 is 2.61 bits per heavy atom. The van der Waals surface area contributed by atoms with Crippen molar-refractivity contribution in [3.05, 3.63) is 41.0 Å². The third-order valence-electron chi connectivity index (χ3n) is 4.13. The summed E-state index contributed by atoms with van der Waals surface area (Å²) in [5, 5.41) is 11.1. The van der Waals surface area contributed by atoms with E-state index in [1.165, 1.54) is 0 Å². The van der Waals surface area contributed by atoms with Crippen molar-refractivity contribution in [3.8, 4) is 0 Å². The van der Waals surface area contributed by atoms with E-state index in [0.717, 1.165) is 23.1 Å². The number of amides is 1. The molecule has 1 fully saturated rings. The standard InChI is InChI=1S/C17H19NO4.Li/c1-11-5-13(7-14(6-11)17(20)21)12-3-2-4-18(8-12)16(19)15-9-22-10-15;/h3,5-7,15H,2,4,8-10H2,1H3,(H,20,21);/q;+1/p-1. The molecule has 23 heavy (non-hydrogen) atoms. The summed E-state index contributed by atoms with van der Waals surface area (Å²) in [7, 11) is 0. The van der Waals surface area contributed by atoms with Gasteiger partial charge in [-0.1, -0.05) is 18.2 Å². The maximum absolute atomic E-state index is 12.3. The molecule has 2 heterocycles. The molecule has 1 aromatic rings. The van der Waals surface area contributed by atoms with Crippen LogP contribution in [0.15, 0.2) is 24.3 Å². The van der Waals surface area contributed by atoms with Crippen molar-refractivity contribution in [1.82, 2.24) is 4.90 Å². The number of carbonyl (C=O) groups is 2. The summed E-state index contributed by atoms with van der Waals surface area (Å²) in [6.07, 6.45) is 2.86. The summed E-state index contributed by atoms with van der Waals surface area (Å²) in [6.45, 7) is 4.10. The van der Waals surface area contributed by atoms with Gasteiger partial charge >= 0.3 is 18.9 Å². The van der Waals surface area contributed by atoms with Gasteiger partial charge in [-0.2, -0.15) is 0 Å². The van der Waals surface area contributed by atoms with Crippen LogP contribution >= 0.6 is 0 Å². The maximum atomic E-state index is 12.3. The molecule has 116 valence electrons.